The van der Waals surface area contributed by atoms with Crippen LogP contribution in [0.5, 0.6) is 0 Å². The van der Waals surface area contributed by atoms with E-state index in [1.807, 2.05) is 6.92 Å². The van der Waals surface area contributed by atoms with Crippen LogP contribution < -0.4 is 10.6 Å². The number of nitrogens with one attached hydrogen (secondary N) is 2. The Labute approximate surface area is 88.3 Å². The zero-order valence-corrected chi connectivity index (χ0v) is 8.80. The van der Waals surface area contributed by atoms with E-state index in [0.29, 0.717) is 25.2 Å². The fourth-order valence-corrected chi connectivity index (χ4v) is 1.90. The average molecular weight is 209 g/mol. The molecule has 1 aliphatic heterocycles. The molecular weight excluding hydrogens is 194 g/mol. The van der Waals surface area contributed by atoms with E-state index in [-0.39, 0.29) is 11.8 Å². The van der Waals surface area contributed by atoms with Crippen molar-refractivity contribution in [3.8, 4) is 0 Å². The highest BCUT2D eigenvalue weighted by Gasteiger charge is 2.52. The molecule has 15 heavy (non-hydrogen) atoms. The molecule has 0 aromatic carbocycles. The van der Waals surface area contributed by atoms with E-state index >= 15 is 0 Å². The van der Waals surface area contributed by atoms with Gasteiger partial charge in [-0.25, -0.2) is 0 Å². The van der Waals surface area contributed by atoms with Gasteiger partial charge in [0.25, 0.3) is 5.91 Å². The van der Waals surface area contributed by atoms with Crippen LogP contribution in [0, 0.1) is 5.41 Å². The molecular formula is C10H15N3O2. The number of carbonyl (C=O) groups excluding carboxylic acids is 2. The van der Waals surface area contributed by atoms with Gasteiger partial charge >= 0.3 is 0 Å². The molecule has 0 bridgehead atoms. The number of rotatable bonds is 3. The van der Waals surface area contributed by atoms with Crippen LogP contribution in [0.4, 0.5) is 0 Å². The van der Waals surface area contributed by atoms with Crippen LogP contribution in [-0.4, -0.2) is 30.7 Å². The van der Waals surface area contributed by atoms with E-state index in [1.165, 1.54) is 0 Å². The van der Waals surface area contributed by atoms with Crippen LogP contribution in [0.1, 0.15) is 26.2 Å². The monoisotopic (exact) mass is 209 g/mol. The molecule has 0 saturated heterocycles. The van der Waals surface area contributed by atoms with Gasteiger partial charge in [-0.15, -0.1) is 0 Å². The molecule has 2 rings (SSSR count). The maximum atomic E-state index is 11.7. The Morgan fingerprint density at radius 3 is 2.67 bits per heavy atom. The Kier molecular flexibility index (Phi) is 2.56. The van der Waals surface area contributed by atoms with Crippen molar-refractivity contribution in [1.29, 1.82) is 0 Å². The number of likely N-dealkylation sites (N-methyl/N-ethyl adjacent to an activating group) is 1. The van der Waals surface area contributed by atoms with Crippen LogP contribution >= 0.6 is 0 Å². The minimum atomic E-state index is -0.810. The standard InChI is InChI=1S/C10H15N3O2/c1-2-11-6-7-12-8(14)10(4-3-5-10)9(15)13-7/h11H,2-6H2,1H3,(H,12,13,14,15). The van der Waals surface area contributed by atoms with E-state index in [2.05, 4.69) is 15.6 Å². The summed E-state index contributed by atoms with van der Waals surface area (Å²) in [5.74, 6) is 0.0245. The summed E-state index contributed by atoms with van der Waals surface area (Å²) in [6.45, 7) is 3.19. The van der Waals surface area contributed by atoms with Gasteiger partial charge in [0.05, 0.1) is 6.54 Å². The molecule has 2 aliphatic rings. The summed E-state index contributed by atoms with van der Waals surface area (Å²) in [7, 11) is 0. The molecule has 0 radical (unpaired) electrons. The fraction of sp³-hybridized carbons (Fsp3) is 0.700. The predicted octanol–water partition coefficient (Wildman–Crippen LogP) is -0.179. The number of nitrogens with zero attached hydrogens (tertiary/aromatic N) is 1. The Morgan fingerprint density at radius 1 is 1.47 bits per heavy atom. The molecule has 5 nitrogen and oxygen atoms in total. The summed E-state index contributed by atoms with van der Waals surface area (Å²) in [5, 5.41) is 5.73. The molecule has 2 N–H and O–H groups in total. The maximum Gasteiger partial charge on any atom is 0.263 e. The molecule has 0 aromatic heterocycles. The van der Waals surface area contributed by atoms with E-state index in [0.717, 1.165) is 13.0 Å². The van der Waals surface area contributed by atoms with Gasteiger partial charge in [-0.1, -0.05) is 13.3 Å². The molecule has 1 heterocycles. The lowest BCUT2D eigenvalue weighted by atomic mass is 9.67. The minimum absolute atomic E-state index is 0.165. The second-order valence-electron chi connectivity index (χ2n) is 4.03. The molecule has 2 amide bonds. The van der Waals surface area contributed by atoms with E-state index < -0.39 is 5.41 Å². The van der Waals surface area contributed by atoms with Crippen molar-refractivity contribution in [3.05, 3.63) is 0 Å². The van der Waals surface area contributed by atoms with Crippen molar-refractivity contribution in [2.45, 2.75) is 26.2 Å². The topological polar surface area (TPSA) is 70.6 Å². The highest BCUT2D eigenvalue weighted by atomic mass is 16.2. The smallest absolute Gasteiger partial charge is 0.263 e. The third kappa shape index (κ3) is 1.56. The first-order chi connectivity index (χ1) is 7.19. The van der Waals surface area contributed by atoms with E-state index in [4.69, 9.17) is 0 Å². The average Bonchev–Trinajstić information content (AvgIpc) is 2.11. The zero-order chi connectivity index (χ0) is 10.9. The third-order valence-corrected chi connectivity index (χ3v) is 3.09. The first-order valence-electron chi connectivity index (χ1n) is 5.33. The molecule has 1 spiro atoms. The van der Waals surface area contributed by atoms with Crippen LogP contribution in [0.2, 0.25) is 0 Å². The van der Waals surface area contributed by atoms with Crippen LogP contribution in [0.25, 0.3) is 0 Å². The zero-order valence-electron chi connectivity index (χ0n) is 8.80. The van der Waals surface area contributed by atoms with Crippen molar-refractivity contribution in [2.24, 2.45) is 10.4 Å². The van der Waals surface area contributed by atoms with Crippen LogP contribution in [0.15, 0.2) is 4.99 Å². The molecule has 0 unspecified atom stereocenters. The largest absolute Gasteiger partial charge is 0.312 e. The second kappa shape index (κ2) is 3.73. The third-order valence-electron chi connectivity index (χ3n) is 3.09. The first kappa shape index (κ1) is 10.3. The highest BCUT2D eigenvalue weighted by molar-refractivity contribution is 6.19. The minimum Gasteiger partial charge on any atom is -0.312 e. The van der Waals surface area contributed by atoms with Gasteiger partial charge in [-0.2, -0.15) is 4.99 Å². The number of hydrogen-bond acceptors (Lipinski definition) is 3. The van der Waals surface area contributed by atoms with Gasteiger partial charge in [0.2, 0.25) is 5.91 Å². The van der Waals surface area contributed by atoms with Crippen molar-refractivity contribution < 1.29 is 9.59 Å². The molecule has 1 fully saturated rings. The quantitative estimate of drug-likeness (QED) is 0.633. The van der Waals surface area contributed by atoms with Crippen molar-refractivity contribution in [3.63, 3.8) is 0 Å². The first-order valence-corrected chi connectivity index (χ1v) is 5.33. The number of aliphatic imine (C=N–C) groups is 1. The lowest BCUT2D eigenvalue weighted by molar-refractivity contribution is -0.147. The predicted molar refractivity (Wildman–Crippen MR) is 55.4 cm³/mol. The second-order valence-corrected chi connectivity index (χ2v) is 4.03. The summed E-state index contributed by atoms with van der Waals surface area (Å²) in [6.07, 6.45) is 2.24. The van der Waals surface area contributed by atoms with Gasteiger partial charge < -0.3 is 10.6 Å². The Hall–Kier alpha value is -1.23. The van der Waals surface area contributed by atoms with Crippen molar-refractivity contribution >= 4 is 17.6 Å². The van der Waals surface area contributed by atoms with Gasteiger partial charge in [-0.3, -0.25) is 9.59 Å². The summed E-state index contributed by atoms with van der Waals surface area (Å²) in [4.78, 5) is 27.4. The summed E-state index contributed by atoms with van der Waals surface area (Å²) in [5.41, 5.74) is -0.810. The molecule has 1 aliphatic carbocycles. The normalized spacial score (nSPS) is 23.4. The maximum absolute atomic E-state index is 11.7. The molecule has 0 aromatic rings. The molecule has 1 saturated carbocycles. The van der Waals surface area contributed by atoms with E-state index in [9.17, 15) is 9.59 Å². The SMILES string of the molecule is CCNCC1=NC(=O)C2(CCC2)C(=O)N1. The molecule has 5 heteroatoms. The summed E-state index contributed by atoms with van der Waals surface area (Å²) < 4.78 is 0. The van der Waals surface area contributed by atoms with E-state index in [1.54, 1.807) is 0 Å². The summed E-state index contributed by atoms with van der Waals surface area (Å²) in [6, 6.07) is 0. The van der Waals surface area contributed by atoms with Crippen molar-refractivity contribution in [2.75, 3.05) is 13.1 Å². The van der Waals surface area contributed by atoms with Crippen LogP contribution in [-0.2, 0) is 9.59 Å². The Bertz CT molecular complexity index is 332. The number of amides is 2. The Morgan fingerprint density at radius 2 is 2.20 bits per heavy atom. The number of carbonyl (C=O) groups is 2. The summed E-state index contributed by atoms with van der Waals surface area (Å²) >= 11 is 0. The number of hydrogen-bond donors (Lipinski definition) is 2. The lowest BCUT2D eigenvalue weighted by Crippen LogP contribution is -2.57. The lowest BCUT2D eigenvalue weighted by Gasteiger charge is -2.39. The fourth-order valence-electron chi connectivity index (χ4n) is 1.90. The molecule has 0 atom stereocenters. The van der Waals surface area contributed by atoms with Gasteiger partial charge in [0, 0.05) is 0 Å². The molecule has 82 valence electrons. The highest BCUT2D eigenvalue weighted by Crippen LogP contribution is 2.43. The van der Waals surface area contributed by atoms with Gasteiger partial charge in [0.15, 0.2) is 0 Å². The van der Waals surface area contributed by atoms with Gasteiger partial charge in [-0.05, 0) is 19.4 Å². The van der Waals surface area contributed by atoms with Crippen molar-refractivity contribution in [1.82, 2.24) is 10.6 Å². The Balaban J connectivity index is 2.10. The van der Waals surface area contributed by atoms with Crippen LogP contribution in [0.3, 0.4) is 0 Å². The number of amidine groups is 1. The van der Waals surface area contributed by atoms with Gasteiger partial charge in [0.1, 0.15) is 11.3 Å².